The highest BCUT2D eigenvalue weighted by atomic mass is 16.1. The van der Waals surface area contributed by atoms with Crippen LogP contribution in [0, 0.1) is 6.92 Å². The minimum Gasteiger partial charge on any atom is -0.351 e. The Balaban J connectivity index is 1.60. The molecule has 120 valence electrons. The molecular formula is C18H17N5O. The van der Waals surface area contributed by atoms with Crippen LogP contribution in [0.3, 0.4) is 0 Å². The molecule has 3 heterocycles. The van der Waals surface area contributed by atoms with Crippen molar-refractivity contribution in [2.24, 2.45) is 0 Å². The molecule has 1 unspecified atom stereocenters. The van der Waals surface area contributed by atoms with E-state index in [2.05, 4.69) is 20.5 Å². The van der Waals surface area contributed by atoms with Crippen molar-refractivity contribution in [3.63, 3.8) is 0 Å². The molecule has 1 atom stereocenters. The summed E-state index contributed by atoms with van der Waals surface area (Å²) < 4.78 is 1.87. The lowest BCUT2D eigenvalue weighted by Crippen LogP contribution is -2.28. The van der Waals surface area contributed by atoms with Crippen LogP contribution < -0.4 is 5.32 Å². The molecule has 24 heavy (non-hydrogen) atoms. The summed E-state index contributed by atoms with van der Waals surface area (Å²) >= 11 is 0. The number of aryl methyl sites for hydroxylation is 1. The maximum absolute atomic E-state index is 12.5. The first-order valence-electron chi connectivity index (χ1n) is 7.82. The Morgan fingerprint density at radius 3 is 2.96 bits per heavy atom. The number of fused-ring (bicyclic) bond motifs is 2. The Hall–Kier alpha value is -3.15. The van der Waals surface area contributed by atoms with Gasteiger partial charge >= 0.3 is 0 Å². The lowest BCUT2D eigenvalue weighted by Gasteiger charge is -2.11. The Morgan fingerprint density at radius 2 is 2.08 bits per heavy atom. The van der Waals surface area contributed by atoms with Gasteiger partial charge in [-0.05, 0) is 43.7 Å². The highest BCUT2D eigenvalue weighted by Crippen LogP contribution is 2.18. The molecule has 1 amide bonds. The van der Waals surface area contributed by atoms with Gasteiger partial charge in [0.2, 0.25) is 0 Å². The normalized spacial score (nSPS) is 12.6. The second kappa shape index (κ2) is 5.49. The van der Waals surface area contributed by atoms with Crippen molar-refractivity contribution in [3.8, 4) is 0 Å². The molecule has 3 aromatic heterocycles. The van der Waals surface area contributed by atoms with Gasteiger partial charge in [-0.3, -0.25) is 9.20 Å². The van der Waals surface area contributed by atoms with E-state index in [-0.39, 0.29) is 11.9 Å². The van der Waals surface area contributed by atoms with E-state index in [1.54, 1.807) is 0 Å². The van der Waals surface area contributed by atoms with Crippen molar-refractivity contribution in [2.75, 3.05) is 0 Å². The topological polar surface area (TPSA) is 75.1 Å². The molecule has 4 aromatic rings. The molecule has 6 heteroatoms. The summed E-state index contributed by atoms with van der Waals surface area (Å²) in [4.78, 5) is 15.7. The van der Waals surface area contributed by atoms with E-state index in [1.165, 1.54) is 0 Å². The van der Waals surface area contributed by atoms with Gasteiger partial charge in [-0.2, -0.15) is 0 Å². The predicted molar refractivity (Wildman–Crippen MR) is 91.9 cm³/mol. The second-order valence-electron chi connectivity index (χ2n) is 5.96. The first-order chi connectivity index (χ1) is 11.6. The van der Waals surface area contributed by atoms with Crippen molar-refractivity contribution in [1.29, 1.82) is 0 Å². The third-order valence-corrected chi connectivity index (χ3v) is 4.10. The number of hydrogen-bond donors (Lipinski definition) is 2. The average molecular weight is 319 g/mol. The maximum atomic E-state index is 12.5. The molecular weight excluding hydrogens is 302 g/mol. The molecule has 0 aliphatic rings. The Morgan fingerprint density at radius 1 is 1.21 bits per heavy atom. The van der Waals surface area contributed by atoms with Crippen LogP contribution in [0.25, 0.3) is 16.6 Å². The van der Waals surface area contributed by atoms with Crippen LogP contribution in [-0.2, 0) is 0 Å². The predicted octanol–water partition coefficient (Wildman–Crippen LogP) is 3.01. The number of rotatable bonds is 3. The van der Waals surface area contributed by atoms with Gasteiger partial charge in [0.25, 0.3) is 5.91 Å². The summed E-state index contributed by atoms with van der Waals surface area (Å²) in [6, 6.07) is 13.4. The molecule has 2 N–H and O–H groups in total. The number of nitrogens with one attached hydrogen (secondary N) is 2. The maximum Gasteiger partial charge on any atom is 0.268 e. The van der Waals surface area contributed by atoms with Gasteiger partial charge in [-0.1, -0.05) is 18.2 Å². The van der Waals surface area contributed by atoms with Crippen LogP contribution in [0.2, 0.25) is 0 Å². The van der Waals surface area contributed by atoms with Crippen LogP contribution >= 0.6 is 0 Å². The third-order valence-electron chi connectivity index (χ3n) is 4.10. The van der Waals surface area contributed by atoms with Gasteiger partial charge in [0, 0.05) is 17.1 Å². The van der Waals surface area contributed by atoms with E-state index in [4.69, 9.17) is 0 Å². The van der Waals surface area contributed by atoms with E-state index in [0.717, 1.165) is 22.1 Å². The number of pyridine rings is 1. The molecule has 0 saturated carbocycles. The molecule has 6 nitrogen and oxygen atoms in total. The van der Waals surface area contributed by atoms with Gasteiger partial charge in [0.15, 0.2) is 11.5 Å². The van der Waals surface area contributed by atoms with Crippen molar-refractivity contribution < 1.29 is 4.79 Å². The van der Waals surface area contributed by atoms with Crippen LogP contribution in [0.5, 0.6) is 0 Å². The minimum atomic E-state index is -0.261. The van der Waals surface area contributed by atoms with Crippen LogP contribution in [0.15, 0.2) is 48.7 Å². The average Bonchev–Trinajstić information content (AvgIpc) is 3.18. The molecule has 0 spiro atoms. The first-order valence-corrected chi connectivity index (χ1v) is 7.82. The van der Waals surface area contributed by atoms with Crippen molar-refractivity contribution in [1.82, 2.24) is 24.9 Å². The fraction of sp³-hybridized carbons (Fsp3) is 0.167. The Bertz CT molecular complexity index is 1050. The van der Waals surface area contributed by atoms with Gasteiger partial charge in [-0.25, -0.2) is 0 Å². The van der Waals surface area contributed by atoms with Crippen molar-refractivity contribution in [3.05, 3.63) is 65.7 Å². The number of carbonyl (C=O) groups is 1. The molecule has 0 radical (unpaired) electrons. The highest BCUT2D eigenvalue weighted by Gasteiger charge is 2.17. The molecule has 0 bridgehead atoms. The number of nitrogens with zero attached hydrogens (tertiary/aromatic N) is 3. The van der Waals surface area contributed by atoms with Crippen LogP contribution in [0.4, 0.5) is 0 Å². The number of benzene rings is 1. The third kappa shape index (κ3) is 2.42. The smallest absolute Gasteiger partial charge is 0.268 e. The number of amides is 1. The van der Waals surface area contributed by atoms with Crippen molar-refractivity contribution in [2.45, 2.75) is 19.9 Å². The summed E-state index contributed by atoms with van der Waals surface area (Å²) in [7, 11) is 0. The van der Waals surface area contributed by atoms with Crippen LogP contribution in [0.1, 0.15) is 34.8 Å². The number of hydrogen-bond acceptors (Lipinski definition) is 3. The Kier molecular flexibility index (Phi) is 3.30. The zero-order chi connectivity index (χ0) is 16.7. The Labute approximate surface area is 138 Å². The summed E-state index contributed by atoms with van der Waals surface area (Å²) in [5.74, 6) is 0.537. The van der Waals surface area contributed by atoms with Gasteiger partial charge in [0.05, 0.1) is 6.04 Å². The SMILES string of the molecule is Cc1ccc2cc(C(=O)NC(C)c3nnc4ccccn34)[nH]c2c1. The first kappa shape index (κ1) is 14.4. The number of carbonyl (C=O) groups excluding carboxylic acids is 1. The summed E-state index contributed by atoms with van der Waals surface area (Å²) in [6.07, 6.45) is 1.89. The molecule has 1 aromatic carbocycles. The molecule has 0 aliphatic heterocycles. The molecule has 0 aliphatic carbocycles. The lowest BCUT2D eigenvalue weighted by atomic mass is 10.2. The summed E-state index contributed by atoms with van der Waals surface area (Å²) in [6.45, 7) is 3.92. The van der Waals surface area contributed by atoms with E-state index in [1.807, 2.05) is 66.9 Å². The van der Waals surface area contributed by atoms with Gasteiger partial charge < -0.3 is 10.3 Å². The van der Waals surface area contributed by atoms with Gasteiger partial charge in [0.1, 0.15) is 5.69 Å². The quantitative estimate of drug-likeness (QED) is 0.609. The fourth-order valence-corrected chi connectivity index (χ4v) is 2.86. The molecule has 4 rings (SSSR count). The number of H-pyrrole nitrogens is 1. The van der Waals surface area contributed by atoms with Gasteiger partial charge in [-0.15, -0.1) is 10.2 Å². The molecule has 0 saturated heterocycles. The lowest BCUT2D eigenvalue weighted by molar-refractivity contribution is 0.0934. The fourth-order valence-electron chi connectivity index (χ4n) is 2.86. The number of aromatic amines is 1. The standard InChI is InChI=1S/C18H17N5O/c1-11-6-7-13-10-15(20-14(13)9-11)18(24)19-12(2)17-22-21-16-5-3-4-8-23(16)17/h3-10,12,20H,1-2H3,(H,19,24). The summed E-state index contributed by atoms with van der Waals surface area (Å²) in [5, 5.41) is 12.3. The van der Waals surface area contributed by atoms with Crippen molar-refractivity contribution >= 4 is 22.5 Å². The monoisotopic (exact) mass is 319 g/mol. The van der Waals surface area contributed by atoms with E-state index in [0.29, 0.717) is 11.5 Å². The zero-order valence-corrected chi connectivity index (χ0v) is 13.4. The van der Waals surface area contributed by atoms with E-state index < -0.39 is 0 Å². The van der Waals surface area contributed by atoms with E-state index >= 15 is 0 Å². The van der Waals surface area contributed by atoms with E-state index in [9.17, 15) is 4.79 Å². The largest absolute Gasteiger partial charge is 0.351 e. The highest BCUT2D eigenvalue weighted by molar-refractivity contribution is 5.98. The molecule has 0 fully saturated rings. The number of aromatic nitrogens is 4. The minimum absolute atomic E-state index is 0.163. The zero-order valence-electron chi connectivity index (χ0n) is 13.4. The summed E-state index contributed by atoms with van der Waals surface area (Å²) in [5.41, 5.74) is 3.41. The second-order valence-corrected chi connectivity index (χ2v) is 5.96. The van der Waals surface area contributed by atoms with Crippen LogP contribution in [-0.4, -0.2) is 25.5 Å².